The van der Waals surface area contributed by atoms with E-state index >= 15 is 0 Å². The predicted molar refractivity (Wildman–Crippen MR) is 95.1 cm³/mol. The van der Waals surface area contributed by atoms with Gasteiger partial charge in [-0.2, -0.15) is 0 Å². The summed E-state index contributed by atoms with van der Waals surface area (Å²) in [5, 5.41) is 9.29. The minimum atomic E-state index is 0.540. The van der Waals surface area contributed by atoms with E-state index in [4.69, 9.17) is 21.1 Å². The maximum Gasteiger partial charge on any atom is 0.224 e. The quantitative estimate of drug-likeness (QED) is 0.717. The maximum absolute atomic E-state index is 6.17. The van der Waals surface area contributed by atoms with Crippen LogP contribution in [0.5, 0.6) is 11.6 Å². The van der Waals surface area contributed by atoms with Gasteiger partial charge < -0.3 is 14.0 Å². The Labute approximate surface area is 150 Å². The number of halogens is 1. The first-order chi connectivity index (χ1) is 12.2. The summed E-state index contributed by atoms with van der Waals surface area (Å²) in [6, 6.07) is 7.51. The summed E-state index contributed by atoms with van der Waals surface area (Å²) >= 11 is 6.17. The van der Waals surface area contributed by atoms with Gasteiger partial charge in [0.05, 0.1) is 19.2 Å². The van der Waals surface area contributed by atoms with Crippen LogP contribution in [-0.4, -0.2) is 33.5 Å². The van der Waals surface area contributed by atoms with E-state index in [-0.39, 0.29) is 0 Å². The van der Waals surface area contributed by atoms with Crippen LogP contribution >= 0.6 is 11.6 Å². The monoisotopic (exact) mass is 356 g/mol. The van der Waals surface area contributed by atoms with E-state index in [2.05, 4.69) is 26.7 Å². The van der Waals surface area contributed by atoms with E-state index in [1.165, 1.54) is 0 Å². The second kappa shape index (κ2) is 6.37. The lowest BCUT2D eigenvalue weighted by Crippen LogP contribution is -2.09. The molecule has 1 aromatic carbocycles. The molecule has 2 aromatic heterocycles. The lowest BCUT2D eigenvalue weighted by Gasteiger charge is -2.11. The smallest absolute Gasteiger partial charge is 0.224 e. The minimum Gasteiger partial charge on any atom is -0.496 e. The van der Waals surface area contributed by atoms with Crippen LogP contribution in [0.2, 0.25) is 5.02 Å². The van der Waals surface area contributed by atoms with Crippen molar-refractivity contribution < 1.29 is 9.47 Å². The van der Waals surface area contributed by atoms with Crippen LogP contribution in [0, 0.1) is 0 Å². The van der Waals surface area contributed by atoms with Crippen molar-refractivity contribution in [3.8, 4) is 34.1 Å². The molecular formula is C18H17ClN4O2. The fourth-order valence-corrected chi connectivity index (χ4v) is 3.22. The van der Waals surface area contributed by atoms with Gasteiger partial charge in [-0.15, -0.1) is 10.2 Å². The van der Waals surface area contributed by atoms with Crippen LogP contribution < -0.4 is 9.47 Å². The zero-order chi connectivity index (χ0) is 17.4. The molecule has 0 unspecified atom stereocenters. The van der Waals surface area contributed by atoms with Gasteiger partial charge in [0.2, 0.25) is 5.88 Å². The van der Waals surface area contributed by atoms with Crippen molar-refractivity contribution in [2.45, 2.75) is 19.9 Å². The van der Waals surface area contributed by atoms with E-state index in [1.807, 2.05) is 18.2 Å². The SMILES string of the molecule is CCc1nnc2n1CCOc1ncc(-c3cc(Cl)ccc3OC)cc1-2. The number of rotatable bonds is 3. The molecule has 0 atom stereocenters. The molecule has 0 saturated heterocycles. The summed E-state index contributed by atoms with van der Waals surface area (Å²) < 4.78 is 13.4. The van der Waals surface area contributed by atoms with Gasteiger partial charge in [-0.1, -0.05) is 18.5 Å². The van der Waals surface area contributed by atoms with E-state index in [1.54, 1.807) is 19.4 Å². The first-order valence-corrected chi connectivity index (χ1v) is 8.48. The molecule has 0 fully saturated rings. The molecule has 7 heteroatoms. The lowest BCUT2D eigenvalue weighted by molar-refractivity contribution is 0.294. The second-order valence-electron chi connectivity index (χ2n) is 5.71. The molecule has 4 rings (SSSR count). The van der Waals surface area contributed by atoms with Crippen molar-refractivity contribution in [3.63, 3.8) is 0 Å². The molecule has 0 radical (unpaired) electrons. The number of ether oxygens (including phenoxy) is 2. The van der Waals surface area contributed by atoms with Crippen molar-refractivity contribution in [2.75, 3.05) is 13.7 Å². The van der Waals surface area contributed by atoms with Gasteiger partial charge in [0.25, 0.3) is 0 Å². The Morgan fingerprint density at radius 3 is 2.92 bits per heavy atom. The van der Waals surface area contributed by atoms with E-state index in [0.29, 0.717) is 24.1 Å². The molecule has 1 aliphatic rings. The van der Waals surface area contributed by atoms with Gasteiger partial charge in [0, 0.05) is 28.8 Å². The number of aromatic nitrogens is 4. The van der Waals surface area contributed by atoms with Crippen LogP contribution in [0.4, 0.5) is 0 Å². The average Bonchev–Trinajstić information content (AvgIpc) is 2.96. The number of pyridine rings is 1. The summed E-state index contributed by atoms with van der Waals surface area (Å²) in [6.07, 6.45) is 2.58. The van der Waals surface area contributed by atoms with E-state index in [9.17, 15) is 0 Å². The van der Waals surface area contributed by atoms with E-state index in [0.717, 1.165) is 40.5 Å². The number of hydrogen-bond donors (Lipinski definition) is 0. The molecule has 1 aliphatic heterocycles. The Balaban J connectivity index is 1.90. The Morgan fingerprint density at radius 1 is 1.24 bits per heavy atom. The van der Waals surface area contributed by atoms with Crippen LogP contribution in [0.1, 0.15) is 12.7 Å². The van der Waals surface area contributed by atoms with Gasteiger partial charge in [-0.05, 0) is 24.3 Å². The van der Waals surface area contributed by atoms with Gasteiger partial charge in [-0.3, -0.25) is 0 Å². The number of benzene rings is 1. The lowest BCUT2D eigenvalue weighted by atomic mass is 10.0. The standard InChI is InChI=1S/C18H17ClN4O2/c1-3-16-21-22-17-14-8-11(10-20-18(14)25-7-6-23(16)17)13-9-12(19)4-5-15(13)24-2/h4-5,8-10H,3,6-7H2,1-2H3. The molecule has 128 valence electrons. The van der Waals surface area contributed by atoms with E-state index < -0.39 is 0 Å². The third-order valence-electron chi connectivity index (χ3n) is 4.26. The molecular weight excluding hydrogens is 340 g/mol. The summed E-state index contributed by atoms with van der Waals surface area (Å²) in [7, 11) is 1.64. The summed E-state index contributed by atoms with van der Waals surface area (Å²) in [4.78, 5) is 4.49. The summed E-state index contributed by atoms with van der Waals surface area (Å²) in [6.45, 7) is 3.31. The highest BCUT2D eigenvalue weighted by molar-refractivity contribution is 6.31. The summed E-state index contributed by atoms with van der Waals surface area (Å²) in [5.41, 5.74) is 2.58. The highest BCUT2D eigenvalue weighted by Gasteiger charge is 2.22. The molecule has 3 aromatic rings. The first-order valence-electron chi connectivity index (χ1n) is 8.10. The van der Waals surface area contributed by atoms with Gasteiger partial charge in [-0.25, -0.2) is 4.98 Å². The Kier molecular flexibility index (Phi) is 4.05. The van der Waals surface area contributed by atoms with Crippen molar-refractivity contribution in [3.05, 3.63) is 41.3 Å². The molecule has 25 heavy (non-hydrogen) atoms. The zero-order valence-corrected chi connectivity index (χ0v) is 14.7. The van der Waals surface area contributed by atoms with Crippen LogP contribution in [-0.2, 0) is 13.0 Å². The third-order valence-corrected chi connectivity index (χ3v) is 4.50. The Hall–Kier alpha value is -2.60. The minimum absolute atomic E-state index is 0.540. The average molecular weight is 357 g/mol. The Morgan fingerprint density at radius 2 is 2.12 bits per heavy atom. The molecule has 6 nitrogen and oxygen atoms in total. The van der Waals surface area contributed by atoms with Crippen molar-refractivity contribution in [1.82, 2.24) is 19.7 Å². The second-order valence-corrected chi connectivity index (χ2v) is 6.15. The molecule has 0 bridgehead atoms. The number of methoxy groups -OCH3 is 1. The zero-order valence-electron chi connectivity index (χ0n) is 14.0. The van der Waals surface area contributed by atoms with Crippen molar-refractivity contribution in [1.29, 1.82) is 0 Å². The molecule has 0 amide bonds. The molecule has 3 heterocycles. The highest BCUT2D eigenvalue weighted by Crippen LogP contribution is 2.37. The fourth-order valence-electron chi connectivity index (χ4n) is 3.05. The van der Waals surface area contributed by atoms with Crippen LogP contribution in [0.3, 0.4) is 0 Å². The number of hydrogen-bond acceptors (Lipinski definition) is 5. The van der Waals surface area contributed by atoms with Crippen molar-refractivity contribution >= 4 is 11.6 Å². The predicted octanol–water partition coefficient (Wildman–Crippen LogP) is 3.62. The molecule has 0 N–H and O–H groups in total. The molecule has 0 spiro atoms. The number of nitrogens with zero attached hydrogens (tertiary/aromatic N) is 4. The number of fused-ring (bicyclic) bond motifs is 3. The van der Waals surface area contributed by atoms with Gasteiger partial charge in [0.15, 0.2) is 5.82 Å². The topological polar surface area (TPSA) is 62.1 Å². The third kappa shape index (κ3) is 2.72. The molecule has 0 saturated carbocycles. The fraction of sp³-hybridized carbons (Fsp3) is 0.278. The normalized spacial score (nSPS) is 12.8. The molecule has 0 aliphatic carbocycles. The van der Waals surface area contributed by atoms with Gasteiger partial charge >= 0.3 is 0 Å². The highest BCUT2D eigenvalue weighted by atomic mass is 35.5. The first kappa shape index (κ1) is 15.9. The van der Waals surface area contributed by atoms with Gasteiger partial charge in [0.1, 0.15) is 18.2 Å². The Bertz CT molecular complexity index is 939. The summed E-state index contributed by atoms with van der Waals surface area (Å²) in [5.74, 6) is 3.02. The maximum atomic E-state index is 6.17. The van der Waals surface area contributed by atoms with Crippen LogP contribution in [0.15, 0.2) is 30.5 Å². The van der Waals surface area contributed by atoms with Crippen molar-refractivity contribution in [2.24, 2.45) is 0 Å². The van der Waals surface area contributed by atoms with Crippen LogP contribution in [0.25, 0.3) is 22.5 Å². The largest absolute Gasteiger partial charge is 0.496 e. The number of aryl methyl sites for hydroxylation is 1.